The van der Waals surface area contributed by atoms with E-state index in [2.05, 4.69) is 20.8 Å². The molecule has 0 aliphatic heterocycles. The van der Waals surface area contributed by atoms with Gasteiger partial charge in [-0.05, 0) is 24.1 Å². The molecule has 8 heteroatoms. The van der Waals surface area contributed by atoms with Gasteiger partial charge in [0.25, 0.3) is 5.91 Å². The molecule has 2 rings (SSSR count). The first-order valence-electron chi connectivity index (χ1n) is 7.60. The van der Waals surface area contributed by atoms with Crippen LogP contribution >= 0.6 is 11.8 Å². The lowest BCUT2D eigenvalue weighted by atomic mass is 10.1. The number of carbonyl (C=O) groups is 2. The van der Waals surface area contributed by atoms with Gasteiger partial charge in [0.05, 0.1) is 5.75 Å². The van der Waals surface area contributed by atoms with Crippen molar-refractivity contribution in [2.75, 3.05) is 17.6 Å². The number of benzene rings is 1. The zero-order chi connectivity index (χ0) is 17.5. The van der Waals surface area contributed by atoms with E-state index >= 15 is 0 Å². The first kappa shape index (κ1) is 18.0. The lowest BCUT2D eigenvalue weighted by Gasteiger charge is -2.09. The maximum atomic E-state index is 12.1. The molecule has 2 amide bonds. The van der Waals surface area contributed by atoms with E-state index in [-0.39, 0.29) is 17.6 Å². The van der Waals surface area contributed by atoms with E-state index in [0.717, 1.165) is 0 Å². The smallest absolute Gasteiger partial charge is 0.251 e. The average molecular weight is 347 g/mol. The molecule has 2 aromatic rings. The first-order chi connectivity index (χ1) is 11.5. The summed E-state index contributed by atoms with van der Waals surface area (Å²) in [5.74, 6) is 0.293. The van der Waals surface area contributed by atoms with Crippen molar-refractivity contribution in [3.8, 4) is 0 Å². The second-order valence-electron chi connectivity index (χ2n) is 5.75. The van der Waals surface area contributed by atoms with Crippen LogP contribution in [-0.2, 0) is 11.8 Å². The number of nitrogens with one attached hydrogen (secondary N) is 2. The second-order valence-corrected chi connectivity index (χ2v) is 6.69. The SMILES string of the molecule is CC(C)CNC(=O)c1cccc(NC(=O)CSc2nncn2C)c1. The molecular formula is C16H21N5O2S. The van der Waals surface area contributed by atoms with Crippen molar-refractivity contribution in [1.29, 1.82) is 0 Å². The van der Waals surface area contributed by atoms with Crippen LogP contribution in [0.4, 0.5) is 5.69 Å². The van der Waals surface area contributed by atoms with E-state index in [0.29, 0.717) is 28.9 Å². The number of carbonyl (C=O) groups excluding carboxylic acids is 2. The van der Waals surface area contributed by atoms with Crippen molar-refractivity contribution in [2.24, 2.45) is 13.0 Å². The molecule has 1 aromatic carbocycles. The Kier molecular flexibility index (Phi) is 6.36. The zero-order valence-corrected chi connectivity index (χ0v) is 14.8. The summed E-state index contributed by atoms with van der Waals surface area (Å²) in [4.78, 5) is 24.1. The molecule has 0 bridgehead atoms. The summed E-state index contributed by atoms with van der Waals surface area (Å²) in [7, 11) is 1.82. The monoisotopic (exact) mass is 347 g/mol. The van der Waals surface area contributed by atoms with Gasteiger partial charge < -0.3 is 15.2 Å². The van der Waals surface area contributed by atoms with E-state index in [1.54, 1.807) is 35.2 Å². The molecule has 0 saturated carbocycles. The van der Waals surface area contributed by atoms with Gasteiger partial charge in [0.15, 0.2) is 5.16 Å². The van der Waals surface area contributed by atoms with Crippen molar-refractivity contribution in [1.82, 2.24) is 20.1 Å². The summed E-state index contributed by atoms with van der Waals surface area (Å²) in [5, 5.41) is 14.0. The van der Waals surface area contributed by atoms with Crippen LogP contribution in [0.5, 0.6) is 0 Å². The zero-order valence-electron chi connectivity index (χ0n) is 13.9. The van der Waals surface area contributed by atoms with Gasteiger partial charge in [-0.3, -0.25) is 9.59 Å². The topological polar surface area (TPSA) is 88.9 Å². The third-order valence-electron chi connectivity index (χ3n) is 3.08. The Morgan fingerprint density at radius 3 is 2.79 bits per heavy atom. The van der Waals surface area contributed by atoms with Gasteiger partial charge in [-0.15, -0.1) is 10.2 Å². The van der Waals surface area contributed by atoms with Gasteiger partial charge >= 0.3 is 0 Å². The molecule has 1 heterocycles. The Hall–Kier alpha value is -2.35. The molecule has 1 aromatic heterocycles. The number of amides is 2. The predicted octanol–water partition coefficient (Wildman–Crippen LogP) is 1.93. The number of thioether (sulfide) groups is 1. The van der Waals surface area contributed by atoms with Gasteiger partial charge in [-0.25, -0.2) is 0 Å². The third kappa shape index (κ3) is 5.38. The molecule has 0 unspecified atom stereocenters. The largest absolute Gasteiger partial charge is 0.352 e. The molecule has 0 fully saturated rings. The highest BCUT2D eigenvalue weighted by Gasteiger charge is 2.10. The molecule has 0 radical (unpaired) electrons. The van der Waals surface area contributed by atoms with Crippen LogP contribution in [0.1, 0.15) is 24.2 Å². The number of aromatic nitrogens is 3. The Balaban J connectivity index is 1.90. The highest BCUT2D eigenvalue weighted by Crippen LogP contribution is 2.15. The minimum Gasteiger partial charge on any atom is -0.352 e. The fourth-order valence-electron chi connectivity index (χ4n) is 1.87. The fraction of sp³-hybridized carbons (Fsp3) is 0.375. The fourth-order valence-corrected chi connectivity index (χ4v) is 2.56. The molecule has 0 aliphatic carbocycles. The molecule has 24 heavy (non-hydrogen) atoms. The number of hydrogen-bond donors (Lipinski definition) is 2. The summed E-state index contributed by atoms with van der Waals surface area (Å²) in [6, 6.07) is 6.89. The number of aryl methyl sites for hydroxylation is 1. The Morgan fingerprint density at radius 2 is 2.12 bits per heavy atom. The summed E-state index contributed by atoms with van der Waals surface area (Å²) in [6.45, 7) is 4.68. The second kappa shape index (κ2) is 8.49. The molecule has 7 nitrogen and oxygen atoms in total. The molecule has 2 N–H and O–H groups in total. The van der Waals surface area contributed by atoms with Crippen molar-refractivity contribution >= 4 is 29.3 Å². The van der Waals surface area contributed by atoms with Crippen LogP contribution in [0, 0.1) is 5.92 Å². The maximum Gasteiger partial charge on any atom is 0.251 e. The Morgan fingerprint density at radius 1 is 1.33 bits per heavy atom. The normalized spacial score (nSPS) is 10.7. The maximum absolute atomic E-state index is 12.1. The van der Waals surface area contributed by atoms with Gasteiger partial charge in [0.1, 0.15) is 6.33 Å². The minimum atomic E-state index is -0.164. The first-order valence-corrected chi connectivity index (χ1v) is 8.59. The van der Waals surface area contributed by atoms with Gasteiger partial charge in [-0.1, -0.05) is 31.7 Å². The highest BCUT2D eigenvalue weighted by molar-refractivity contribution is 7.99. The van der Waals surface area contributed by atoms with Crippen molar-refractivity contribution in [2.45, 2.75) is 19.0 Å². The van der Waals surface area contributed by atoms with Crippen LogP contribution in [0.2, 0.25) is 0 Å². The molecule has 0 spiro atoms. The number of rotatable bonds is 7. The number of anilines is 1. The predicted molar refractivity (Wildman–Crippen MR) is 94.0 cm³/mol. The Labute approximate surface area is 145 Å². The van der Waals surface area contributed by atoms with E-state index in [9.17, 15) is 9.59 Å². The third-order valence-corrected chi connectivity index (χ3v) is 4.12. The summed E-state index contributed by atoms with van der Waals surface area (Å²) in [5.41, 5.74) is 1.12. The molecular weight excluding hydrogens is 326 g/mol. The average Bonchev–Trinajstić information content (AvgIpc) is 2.96. The van der Waals surface area contributed by atoms with E-state index < -0.39 is 0 Å². The summed E-state index contributed by atoms with van der Waals surface area (Å²) in [6.07, 6.45) is 1.58. The van der Waals surface area contributed by atoms with Crippen LogP contribution in [0.25, 0.3) is 0 Å². The van der Waals surface area contributed by atoms with Gasteiger partial charge in [0.2, 0.25) is 5.91 Å². The van der Waals surface area contributed by atoms with Crippen molar-refractivity contribution in [3.63, 3.8) is 0 Å². The lowest BCUT2D eigenvalue weighted by Crippen LogP contribution is -2.27. The Bertz CT molecular complexity index is 714. The standard InChI is InChI=1S/C16H21N5O2S/c1-11(2)8-17-15(23)12-5-4-6-13(7-12)19-14(22)9-24-16-20-18-10-21(16)3/h4-7,10-11H,8-9H2,1-3H3,(H,17,23)(H,19,22). The summed E-state index contributed by atoms with van der Waals surface area (Å²) < 4.78 is 1.75. The van der Waals surface area contributed by atoms with Crippen molar-refractivity contribution < 1.29 is 9.59 Å². The van der Waals surface area contributed by atoms with Gasteiger partial charge in [0, 0.05) is 24.8 Å². The van der Waals surface area contributed by atoms with Crippen LogP contribution < -0.4 is 10.6 Å². The lowest BCUT2D eigenvalue weighted by molar-refractivity contribution is -0.113. The van der Waals surface area contributed by atoms with E-state index in [1.165, 1.54) is 11.8 Å². The van der Waals surface area contributed by atoms with Crippen LogP contribution in [-0.4, -0.2) is 38.9 Å². The minimum absolute atomic E-state index is 0.145. The van der Waals surface area contributed by atoms with E-state index in [4.69, 9.17) is 0 Å². The number of hydrogen-bond acceptors (Lipinski definition) is 5. The number of nitrogens with zero attached hydrogens (tertiary/aromatic N) is 3. The van der Waals surface area contributed by atoms with E-state index in [1.807, 2.05) is 20.9 Å². The quantitative estimate of drug-likeness (QED) is 0.747. The molecule has 0 saturated heterocycles. The van der Waals surface area contributed by atoms with Crippen LogP contribution in [0.15, 0.2) is 35.7 Å². The summed E-state index contributed by atoms with van der Waals surface area (Å²) >= 11 is 1.30. The highest BCUT2D eigenvalue weighted by atomic mass is 32.2. The molecule has 0 aliphatic rings. The van der Waals surface area contributed by atoms with Crippen molar-refractivity contribution in [3.05, 3.63) is 36.2 Å². The molecule has 0 atom stereocenters. The van der Waals surface area contributed by atoms with Gasteiger partial charge in [-0.2, -0.15) is 0 Å². The van der Waals surface area contributed by atoms with Crippen LogP contribution in [0.3, 0.4) is 0 Å². The molecule has 128 valence electrons.